The van der Waals surface area contributed by atoms with E-state index in [4.69, 9.17) is 14.1 Å². The van der Waals surface area contributed by atoms with Crippen LogP contribution >= 0.6 is 0 Å². The lowest BCUT2D eigenvalue weighted by Crippen LogP contribution is -2.41. The molecule has 0 bridgehead atoms. The Balaban J connectivity index is 0.000000463. The Morgan fingerprint density at radius 1 is 1.20 bits per heavy atom. The zero-order valence-electron chi connectivity index (χ0n) is 15.2. The van der Waals surface area contributed by atoms with Crippen molar-refractivity contribution in [2.24, 2.45) is 0 Å². The second-order valence-corrected chi connectivity index (χ2v) is 13.1. The van der Waals surface area contributed by atoms with E-state index in [1.807, 2.05) is 0 Å². The number of nitrogens with zero attached hydrogens (tertiary/aromatic N) is 1. The lowest BCUT2D eigenvalue weighted by atomic mass is 10.2. The number of hydrogen-bond acceptors (Lipinski definition) is 6. The lowest BCUT2D eigenvalue weighted by Gasteiger charge is -2.36. The third-order valence-corrected chi connectivity index (χ3v) is 9.32. The van der Waals surface area contributed by atoms with E-state index in [1.165, 1.54) is 0 Å². The first-order valence-corrected chi connectivity index (χ1v) is 12.0. The molecule has 0 fully saturated rings. The highest BCUT2D eigenvalue weighted by Gasteiger charge is 2.36. The number of benzene rings is 1. The lowest BCUT2D eigenvalue weighted by molar-refractivity contribution is -0.384. The number of nitro benzene ring substituents is 1. The van der Waals surface area contributed by atoms with E-state index in [1.54, 1.807) is 0 Å². The second kappa shape index (κ2) is 9.39. The molecule has 0 radical (unpaired) electrons. The summed E-state index contributed by atoms with van der Waals surface area (Å²) in [5.41, 5.74) is -0.229. The molecule has 0 aromatic heterocycles. The molecule has 0 saturated carbocycles. The molecule has 0 spiro atoms. The van der Waals surface area contributed by atoms with Crippen LogP contribution in [0.2, 0.25) is 18.1 Å². The van der Waals surface area contributed by atoms with Crippen molar-refractivity contribution in [3.05, 3.63) is 34.4 Å². The summed E-state index contributed by atoms with van der Waals surface area (Å²) < 4.78 is 35.3. The zero-order valence-corrected chi connectivity index (χ0v) is 17.0. The van der Waals surface area contributed by atoms with E-state index in [2.05, 4.69) is 33.9 Å². The zero-order chi connectivity index (χ0) is 19.9. The molecule has 2 N–H and O–H groups in total. The summed E-state index contributed by atoms with van der Waals surface area (Å²) in [5, 5.41) is 19.0. The van der Waals surface area contributed by atoms with Crippen molar-refractivity contribution in [3.8, 4) is 0 Å². The SMILES string of the molecule is CC(C)(C)[Si](C)(C)OCCCO.O=[N+]([O-])c1ccc(S(=O)(=O)O)cc1. The fraction of sp³-hybridized carbons (Fsp3) is 0.600. The maximum atomic E-state index is 10.5. The topological polar surface area (TPSA) is 127 Å². The van der Waals surface area contributed by atoms with Crippen LogP contribution in [0.15, 0.2) is 29.2 Å². The summed E-state index contributed by atoms with van der Waals surface area (Å²) in [7, 11) is -5.82. The van der Waals surface area contributed by atoms with Gasteiger partial charge in [0.25, 0.3) is 15.8 Å². The predicted molar refractivity (Wildman–Crippen MR) is 97.8 cm³/mol. The van der Waals surface area contributed by atoms with Crippen LogP contribution in [0.5, 0.6) is 0 Å². The Morgan fingerprint density at radius 2 is 1.68 bits per heavy atom. The summed E-state index contributed by atoms with van der Waals surface area (Å²) >= 11 is 0. The van der Waals surface area contributed by atoms with Crippen LogP contribution in [0.3, 0.4) is 0 Å². The van der Waals surface area contributed by atoms with Gasteiger partial charge in [-0.15, -0.1) is 0 Å². The average Bonchev–Trinajstić information content (AvgIpc) is 2.46. The number of rotatable bonds is 6. The molecule has 1 rings (SSSR count). The van der Waals surface area contributed by atoms with Crippen LogP contribution in [0.25, 0.3) is 0 Å². The summed E-state index contributed by atoms with van der Waals surface area (Å²) in [6, 6.07) is 3.94. The summed E-state index contributed by atoms with van der Waals surface area (Å²) in [6.07, 6.45) is 0.756. The van der Waals surface area contributed by atoms with Crippen LogP contribution in [-0.4, -0.2) is 44.5 Å². The van der Waals surface area contributed by atoms with Crippen LogP contribution < -0.4 is 0 Å². The number of nitro groups is 1. The van der Waals surface area contributed by atoms with E-state index in [-0.39, 0.29) is 22.2 Å². The van der Waals surface area contributed by atoms with Gasteiger partial charge < -0.3 is 9.53 Å². The van der Waals surface area contributed by atoms with Crippen LogP contribution in [-0.2, 0) is 14.5 Å². The first-order chi connectivity index (χ1) is 11.2. The minimum atomic E-state index is -4.27. The van der Waals surface area contributed by atoms with E-state index in [0.717, 1.165) is 30.7 Å². The van der Waals surface area contributed by atoms with Gasteiger partial charge in [0.1, 0.15) is 0 Å². The van der Waals surface area contributed by atoms with E-state index in [9.17, 15) is 18.5 Å². The highest BCUT2D eigenvalue weighted by atomic mass is 32.2. The number of non-ortho nitro benzene ring substituents is 1. The molecule has 0 saturated heterocycles. The number of aliphatic hydroxyl groups excluding tert-OH is 1. The molecular formula is C15H27NO7SSi. The Morgan fingerprint density at radius 3 is 2.00 bits per heavy atom. The highest BCUT2D eigenvalue weighted by Crippen LogP contribution is 2.36. The summed E-state index contributed by atoms with van der Waals surface area (Å²) in [5.74, 6) is 0. The molecule has 144 valence electrons. The smallest absolute Gasteiger partial charge is 0.294 e. The monoisotopic (exact) mass is 393 g/mol. The normalized spacial score (nSPS) is 12.3. The third-order valence-electron chi connectivity index (χ3n) is 3.92. The Kier molecular flexibility index (Phi) is 8.89. The Labute approximate surface area is 149 Å². The van der Waals surface area contributed by atoms with Crippen molar-refractivity contribution in [1.29, 1.82) is 0 Å². The molecule has 1 aromatic carbocycles. The molecule has 0 aliphatic rings. The van der Waals surface area contributed by atoms with Crippen LogP contribution in [0.1, 0.15) is 27.2 Å². The van der Waals surface area contributed by atoms with Crippen molar-refractivity contribution in [1.82, 2.24) is 0 Å². The molecule has 0 amide bonds. The number of aliphatic hydroxyl groups is 1. The third kappa shape index (κ3) is 8.54. The maximum Gasteiger partial charge on any atom is 0.294 e. The van der Waals surface area contributed by atoms with Crippen molar-refractivity contribution in [2.75, 3.05) is 13.2 Å². The Bertz CT molecular complexity index is 651. The molecule has 0 atom stereocenters. The minimum absolute atomic E-state index is 0.229. The van der Waals surface area contributed by atoms with Crippen LogP contribution in [0, 0.1) is 10.1 Å². The second-order valence-electron chi connectivity index (χ2n) is 6.91. The standard InChI is InChI=1S/C9H22O2Si.C6H5NO5S/c1-9(2,3)12(4,5)11-8-6-7-10;8-7(9)5-1-3-6(4-2-5)13(10,11)12/h10H,6-8H2,1-5H3;1-4H,(H,10,11,12). The molecular weight excluding hydrogens is 366 g/mol. The van der Waals surface area contributed by atoms with Crippen molar-refractivity contribution < 1.29 is 27.4 Å². The minimum Gasteiger partial charge on any atom is -0.417 e. The summed E-state index contributed by atoms with van der Waals surface area (Å²) in [4.78, 5) is 9.13. The van der Waals surface area contributed by atoms with Gasteiger partial charge in [0, 0.05) is 25.3 Å². The first-order valence-electron chi connectivity index (χ1n) is 7.69. The Hall–Kier alpha value is -1.33. The van der Waals surface area contributed by atoms with E-state index < -0.39 is 23.4 Å². The molecule has 0 heterocycles. The first kappa shape index (κ1) is 23.7. The molecule has 8 nitrogen and oxygen atoms in total. The largest absolute Gasteiger partial charge is 0.417 e. The van der Waals surface area contributed by atoms with E-state index >= 15 is 0 Å². The maximum absolute atomic E-state index is 10.5. The molecule has 1 aromatic rings. The van der Waals surface area contributed by atoms with Gasteiger partial charge in [-0.1, -0.05) is 20.8 Å². The van der Waals surface area contributed by atoms with Crippen LogP contribution in [0.4, 0.5) is 5.69 Å². The van der Waals surface area contributed by atoms with Gasteiger partial charge >= 0.3 is 0 Å². The van der Waals surface area contributed by atoms with Gasteiger partial charge in [-0.25, -0.2) is 0 Å². The van der Waals surface area contributed by atoms with Gasteiger partial charge in [0.2, 0.25) is 0 Å². The summed E-state index contributed by atoms with van der Waals surface area (Å²) in [6.45, 7) is 12.0. The molecule has 0 aliphatic heterocycles. The van der Waals surface area contributed by atoms with Crippen molar-refractivity contribution in [3.63, 3.8) is 0 Å². The number of hydrogen-bond donors (Lipinski definition) is 2. The van der Waals surface area contributed by atoms with Gasteiger partial charge in [-0.2, -0.15) is 8.42 Å². The fourth-order valence-electron chi connectivity index (χ4n) is 1.35. The predicted octanol–water partition coefficient (Wildman–Crippen LogP) is 3.23. The van der Waals surface area contributed by atoms with Gasteiger partial charge in [0.15, 0.2) is 8.32 Å². The van der Waals surface area contributed by atoms with Gasteiger partial charge in [0.05, 0.1) is 9.82 Å². The average molecular weight is 394 g/mol. The molecule has 0 unspecified atom stereocenters. The van der Waals surface area contributed by atoms with Gasteiger partial charge in [-0.05, 0) is 36.7 Å². The highest BCUT2D eigenvalue weighted by molar-refractivity contribution is 7.85. The van der Waals surface area contributed by atoms with Gasteiger partial charge in [-0.3, -0.25) is 14.7 Å². The molecule has 25 heavy (non-hydrogen) atoms. The quantitative estimate of drug-likeness (QED) is 0.250. The van der Waals surface area contributed by atoms with E-state index in [0.29, 0.717) is 6.61 Å². The van der Waals surface area contributed by atoms with Crippen molar-refractivity contribution in [2.45, 2.75) is 50.2 Å². The van der Waals surface area contributed by atoms with Crippen molar-refractivity contribution >= 4 is 24.1 Å². The fourth-order valence-corrected chi connectivity index (χ4v) is 2.92. The molecule has 0 aliphatic carbocycles. The molecule has 10 heteroatoms.